The van der Waals surface area contributed by atoms with Gasteiger partial charge in [-0.25, -0.2) is 0 Å². The molecule has 0 aromatic rings. The van der Waals surface area contributed by atoms with E-state index in [1.165, 1.54) is 0 Å². The predicted octanol–water partition coefficient (Wildman–Crippen LogP) is 2.04. The first-order chi connectivity index (χ1) is 8.15. The Kier molecular flexibility index (Phi) is 12.3. The molecule has 1 rings (SSSR count). The van der Waals surface area contributed by atoms with Crippen LogP contribution < -0.4 is 5.32 Å². The fourth-order valence-electron chi connectivity index (χ4n) is 1.58. The zero-order chi connectivity index (χ0) is 13.8. The zero-order valence-electron chi connectivity index (χ0n) is 12.2. The smallest absolute Gasteiger partial charge is 0.224 e. The number of amides is 2. The lowest BCUT2D eigenvalue weighted by Crippen LogP contribution is -2.33. The normalized spacial score (nSPS) is 17.3. The van der Waals surface area contributed by atoms with E-state index in [4.69, 9.17) is 0 Å². The Morgan fingerprint density at radius 1 is 1.24 bits per heavy atom. The van der Waals surface area contributed by atoms with Gasteiger partial charge in [0.1, 0.15) is 0 Å². The van der Waals surface area contributed by atoms with Gasteiger partial charge < -0.3 is 10.2 Å². The molecule has 0 aromatic carbocycles. The highest BCUT2D eigenvalue weighted by atomic mass is 16.2. The highest BCUT2D eigenvalue weighted by Crippen LogP contribution is 2.15. The van der Waals surface area contributed by atoms with Crippen LogP contribution in [0.25, 0.3) is 0 Å². The third kappa shape index (κ3) is 6.97. The lowest BCUT2D eigenvalue weighted by atomic mass is 10.1. The number of carbonyl (C=O) groups is 2. The second-order valence-corrected chi connectivity index (χ2v) is 3.35. The highest BCUT2D eigenvalue weighted by Gasteiger charge is 2.28. The number of nitrogens with zero attached hydrogens (tertiary/aromatic N) is 1. The van der Waals surface area contributed by atoms with Gasteiger partial charge in [0.15, 0.2) is 0 Å². The van der Waals surface area contributed by atoms with Crippen molar-refractivity contribution in [1.29, 1.82) is 0 Å². The molecule has 4 heteroatoms. The molecule has 0 spiro atoms. The maximum Gasteiger partial charge on any atom is 0.224 e. The van der Waals surface area contributed by atoms with Gasteiger partial charge in [-0.05, 0) is 13.3 Å². The molecule has 1 heterocycles. The fraction of sp³-hybridized carbons (Fsp3) is 0.846. The van der Waals surface area contributed by atoms with Crippen LogP contribution >= 0.6 is 0 Å². The second-order valence-electron chi connectivity index (χ2n) is 3.35. The SMILES string of the molecule is CC.CC.CCNC(=O)C1CCN(C(C)=O)C1. The van der Waals surface area contributed by atoms with Crippen LogP contribution in [0, 0.1) is 5.92 Å². The first kappa shape index (κ1) is 18.3. The third-order valence-electron chi connectivity index (χ3n) is 2.36. The quantitative estimate of drug-likeness (QED) is 0.808. The Bertz CT molecular complexity index is 217. The summed E-state index contributed by atoms with van der Waals surface area (Å²) in [5.74, 6) is 0.141. The third-order valence-corrected chi connectivity index (χ3v) is 2.36. The number of rotatable bonds is 2. The second kappa shape index (κ2) is 11.4. The Morgan fingerprint density at radius 3 is 2.12 bits per heavy atom. The van der Waals surface area contributed by atoms with Crippen molar-refractivity contribution >= 4 is 11.8 Å². The molecule has 0 aliphatic carbocycles. The van der Waals surface area contributed by atoms with Crippen LogP contribution in [0.1, 0.15) is 48.0 Å². The standard InChI is InChI=1S/C9H16N2O2.2C2H6/c1-3-10-9(13)8-4-5-11(6-8)7(2)12;2*1-2/h8H,3-6H2,1-2H3,(H,10,13);2*1-2H3. The average molecular weight is 244 g/mol. The molecular formula is C13H28N2O2. The summed E-state index contributed by atoms with van der Waals surface area (Å²) in [4.78, 5) is 24.1. The van der Waals surface area contributed by atoms with Crippen LogP contribution in [0.4, 0.5) is 0 Å². The summed E-state index contributed by atoms with van der Waals surface area (Å²) in [6.45, 7) is 13.4. The van der Waals surface area contributed by atoms with Crippen molar-refractivity contribution in [2.45, 2.75) is 48.0 Å². The maximum absolute atomic E-state index is 11.4. The number of nitrogens with one attached hydrogen (secondary N) is 1. The molecule has 4 nitrogen and oxygen atoms in total. The Morgan fingerprint density at radius 2 is 1.76 bits per heavy atom. The number of hydrogen-bond acceptors (Lipinski definition) is 2. The van der Waals surface area contributed by atoms with E-state index in [9.17, 15) is 9.59 Å². The van der Waals surface area contributed by atoms with Gasteiger partial charge in [0.2, 0.25) is 11.8 Å². The summed E-state index contributed by atoms with van der Waals surface area (Å²) in [7, 11) is 0. The summed E-state index contributed by atoms with van der Waals surface area (Å²) in [5.41, 5.74) is 0. The minimum absolute atomic E-state index is 0.00356. The van der Waals surface area contributed by atoms with Gasteiger partial charge in [0, 0.05) is 26.6 Å². The lowest BCUT2D eigenvalue weighted by molar-refractivity contribution is -0.128. The Hall–Kier alpha value is -1.06. The van der Waals surface area contributed by atoms with Gasteiger partial charge in [-0.2, -0.15) is 0 Å². The number of likely N-dealkylation sites (tertiary alicyclic amines) is 1. The van der Waals surface area contributed by atoms with E-state index in [-0.39, 0.29) is 17.7 Å². The largest absolute Gasteiger partial charge is 0.356 e. The van der Waals surface area contributed by atoms with Crippen LogP contribution in [-0.4, -0.2) is 36.3 Å². The molecule has 0 bridgehead atoms. The fourth-order valence-corrected chi connectivity index (χ4v) is 1.58. The molecule has 1 N–H and O–H groups in total. The number of hydrogen-bond donors (Lipinski definition) is 1. The van der Waals surface area contributed by atoms with Crippen LogP contribution in [-0.2, 0) is 9.59 Å². The first-order valence-corrected chi connectivity index (χ1v) is 6.68. The predicted molar refractivity (Wildman–Crippen MR) is 71.7 cm³/mol. The molecule has 1 aliphatic rings. The van der Waals surface area contributed by atoms with Gasteiger partial charge in [0.05, 0.1) is 5.92 Å². The van der Waals surface area contributed by atoms with Gasteiger partial charge in [0.25, 0.3) is 0 Å². The Balaban J connectivity index is 0. The Labute approximate surface area is 106 Å². The van der Waals surface area contributed by atoms with E-state index in [0.29, 0.717) is 13.1 Å². The van der Waals surface area contributed by atoms with E-state index >= 15 is 0 Å². The van der Waals surface area contributed by atoms with Crippen molar-refractivity contribution in [1.82, 2.24) is 10.2 Å². The number of carbonyl (C=O) groups excluding carboxylic acids is 2. The topological polar surface area (TPSA) is 49.4 Å². The van der Waals surface area contributed by atoms with Gasteiger partial charge in [-0.3, -0.25) is 9.59 Å². The van der Waals surface area contributed by atoms with Crippen LogP contribution in [0.3, 0.4) is 0 Å². The molecule has 0 aromatic heterocycles. The molecule has 102 valence electrons. The maximum atomic E-state index is 11.4. The average Bonchev–Trinajstić information content (AvgIpc) is 2.84. The summed E-state index contributed by atoms with van der Waals surface area (Å²) < 4.78 is 0. The zero-order valence-corrected chi connectivity index (χ0v) is 12.2. The lowest BCUT2D eigenvalue weighted by Gasteiger charge is -2.13. The molecule has 1 unspecified atom stereocenters. The van der Waals surface area contributed by atoms with E-state index in [0.717, 1.165) is 13.0 Å². The van der Waals surface area contributed by atoms with Crippen LogP contribution in [0.5, 0.6) is 0 Å². The minimum Gasteiger partial charge on any atom is -0.356 e. The van der Waals surface area contributed by atoms with E-state index < -0.39 is 0 Å². The molecule has 2 amide bonds. The molecule has 0 saturated carbocycles. The summed E-state index contributed by atoms with van der Waals surface area (Å²) in [5, 5.41) is 2.77. The van der Waals surface area contributed by atoms with Crippen molar-refractivity contribution in [3.8, 4) is 0 Å². The van der Waals surface area contributed by atoms with Crippen molar-refractivity contribution in [3.63, 3.8) is 0 Å². The van der Waals surface area contributed by atoms with Crippen LogP contribution in [0.15, 0.2) is 0 Å². The van der Waals surface area contributed by atoms with Crippen molar-refractivity contribution < 1.29 is 9.59 Å². The molecule has 1 atom stereocenters. The van der Waals surface area contributed by atoms with Gasteiger partial charge in [-0.15, -0.1) is 0 Å². The van der Waals surface area contributed by atoms with Crippen molar-refractivity contribution in [3.05, 3.63) is 0 Å². The monoisotopic (exact) mass is 244 g/mol. The van der Waals surface area contributed by atoms with E-state index in [1.807, 2.05) is 34.6 Å². The summed E-state index contributed by atoms with van der Waals surface area (Å²) >= 11 is 0. The van der Waals surface area contributed by atoms with E-state index in [1.54, 1.807) is 11.8 Å². The molecule has 1 fully saturated rings. The van der Waals surface area contributed by atoms with Crippen molar-refractivity contribution in [2.24, 2.45) is 5.92 Å². The van der Waals surface area contributed by atoms with Gasteiger partial charge in [-0.1, -0.05) is 27.7 Å². The first-order valence-electron chi connectivity index (χ1n) is 6.68. The molecule has 1 saturated heterocycles. The van der Waals surface area contributed by atoms with Gasteiger partial charge >= 0.3 is 0 Å². The molecular weight excluding hydrogens is 216 g/mol. The molecule has 17 heavy (non-hydrogen) atoms. The molecule has 1 aliphatic heterocycles. The van der Waals surface area contributed by atoms with Crippen LogP contribution in [0.2, 0.25) is 0 Å². The summed E-state index contributed by atoms with van der Waals surface area (Å²) in [6, 6.07) is 0. The van der Waals surface area contributed by atoms with E-state index in [2.05, 4.69) is 5.32 Å². The summed E-state index contributed by atoms with van der Waals surface area (Å²) in [6.07, 6.45) is 0.797. The van der Waals surface area contributed by atoms with Crippen molar-refractivity contribution in [2.75, 3.05) is 19.6 Å². The highest BCUT2D eigenvalue weighted by molar-refractivity contribution is 5.81. The minimum atomic E-state index is 0.00356. The molecule has 0 radical (unpaired) electrons.